The van der Waals surface area contributed by atoms with Crippen molar-refractivity contribution in [2.75, 3.05) is 6.67 Å². The molecule has 1 aromatic heterocycles. The molecule has 2 rings (SSSR count). The first-order valence-corrected chi connectivity index (χ1v) is 6.24. The number of nitrogens with two attached hydrogens (primary N) is 1. The third-order valence-electron chi connectivity index (χ3n) is 2.89. The molecule has 2 atom stereocenters. The van der Waals surface area contributed by atoms with Crippen molar-refractivity contribution in [3.8, 4) is 0 Å². The summed E-state index contributed by atoms with van der Waals surface area (Å²) in [5, 5.41) is 4.05. The first kappa shape index (κ1) is 13.7. The number of ether oxygens (including phenoxy) is 1. The summed E-state index contributed by atoms with van der Waals surface area (Å²) in [4.78, 5) is 0. The van der Waals surface area contributed by atoms with Crippen LogP contribution < -0.4 is 5.73 Å². The fourth-order valence-corrected chi connectivity index (χ4v) is 1.80. The van der Waals surface area contributed by atoms with E-state index in [1.54, 1.807) is 17.1 Å². The summed E-state index contributed by atoms with van der Waals surface area (Å²) in [7, 11) is 0. The molecule has 0 amide bonds. The minimum Gasteiger partial charge on any atom is -0.369 e. The number of hydrogen-bond donors (Lipinski definition) is 1. The van der Waals surface area contributed by atoms with Gasteiger partial charge in [0.05, 0.1) is 19.2 Å². The molecule has 102 valence electrons. The standard InChI is InChI=1S/C14H18FN3O/c15-9-14(13(16)10-18-8-4-7-17-18)19-11-12-5-2-1-3-6-12/h1-8,13-14H,9-11,16H2/t13-,14+/m1/s1. The van der Waals surface area contributed by atoms with Gasteiger partial charge in [0.15, 0.2) is 0 Å². The van der Waals surface area contributed by atoms with E-state index < -0.39 is 18.8 Å². The van der Waals surface area contributed by atoms with Crippen LogP contribution in [0, 0.1) is 0 Å². The maximum atomic E-state index is 13.0. The average molecular weight is 263 g/mol. The first-order chi connectivity index (χ1) is 9.29. The number of alkyl halides is 1. The molecule has 5 heteroatoms. The number of halogens is 1. The topological polar surface area (TPSA) is 53.1 Å². The van der Waals surface area contributed by atoms with Crippen molar-refractivity contribution >= 4 is 0 Å². The Kier molecular flexibility index (Phi) is 5.06. The van der Waals surface area contributed by atoms with Crippen LogP contribution in [0.1, 0.15) is 5.56 Å². The molecule has 0 spiro atoms. The molecule has 2 N–H and O–H groups in total. The van der Waals surface area contributed by atoms with Crippen LogP contribution in [0.4, 0.5) is 4.39 Å². The second-order valence-electron chi connectivity index (χ2n) is 4.38. The van der Waals surface area contributed by atoms with Gasteiger partial charge in [-0.1, -0.05) is 30.3 Å². The zero-order valence-corrected chi connectivity index (χ0v) is 10.7. The van der Waals surface area contributed by atoms with Crippen molar-refractivity contribution < 1.29 is 9.13 Å². The van der Waals surface area contributed by atoms with Gasteiger partial charge in [-0.2, -0.15) is 5.10 Å². The predicted octanol–water partition coefficient (Wildman–Crippen LogP) is 1.77. The number of nitrogens with zero attached hydrogens (tertiary/aromatic N) is 2. The molecule has 0 aliphatic rings. The quantitative estimate of drug-likeness (QED) is 0.828. The number of hydrogen-bond acceptors (Lipinski definition) is 3. The van der Waals surface area contributed by atoms with Crippen molar-refractivity contribution in [3.63, 3.8) is 0 Å². The number of aromatic nitrogens is 2. The van der Waals surface area contributed by atoms with Gasteiger partial charge in [-0.25, -0.2) is 4.39 Å². The van der Waals surface area contributed by atoms with Crippen LogP contribution in [0.25, 0.3) is 0 Å². The van der Waals surface area contributed by atoms with E-state index in [1.807, 2.05) is 36.4 Å². The molecular weight excluding hydrogens is 245 g/mol. The Morgan fingerprint density at radius 3 is 2.68 bits per heavy atom. The van der Waals surface area contributed by atoms with E-state index in [1.165, 1.54) is 0 Å². The van der Waals surface area contributed by atoms with Crippen molar-refractivity contribution in [1.82, 2.24) is 9.78 Å². The lowest BCUT2D eigenvalue weighted by atomic mass is 10.2. The van der Waals surface area contributed by atoms with Crippen molar-refractivity contribution in [2.45, 2.75) is 25.3 Å². The van der Waals surface area contributed by atoms with Gasteiger partial charge in [0.1, 0.15) is 12.8 Å². The Hall–Kier alpha value is -1.72. The molecule has 0 bridgehead atoms. The van der Waals surface area contributed by atoms with Crippen LogP contribution in [0.15, 0.2) is 48.8 Å². The maximum absolute atomic E-state index is 13.0. The van der Waals surface area contributed by atoms with Gasteiger partial charge >= 0.3 is 0 Å². The van der Waals surface area contributed by atoms with E-state index in [0.717, 1.165) is 5.56 Å². The van der Waals surface area contributed by atoms with E-state index in [9.17, 15) is 4.39 Å². The van der Waals surface area contributed by atoms with Crippen LogP contribution in [0.2, 0.25) is 0 Å². The normalized spacial score (nSPS) is 14.2. The summed E-state index contributed by atoms with van der Waals surface area (Å²) in [6.45, 7) is 0.202. The molecule has 2 aromatic rings. The lowest BCUT2D eigenvalue weighted by molar-refractivity contribution is 0.00395. The van der Waals surface area contributed by atoms with Crippen LogP contribution in [-0.2, 0) is 17.9 Å². The van der Waals surface area contributed by atoms with Gasteiger partial charge < -0.3 is 10.5 Å². The summed E-state index contributed by atoms with van der Waals surface area (Å²) in [6, 6.07) is 11.0. The fourth-order valence-electron chi connectivity index (χ4n) is 1.80. The zero-order valence-electron chi connectivity index (χ0n) is 10.7. The summed E-state index contributed by atoms with van der Waals surface area (Å²) < 4.78 is 20.2. The molecule has 0 fully saturated rings. The van der Waals surface area contributed by atoms with Crippen LogP contribution in [0.3, 0.4) is 0 Å². The Morgan fingerprint density at radius 2 is 2.05 bits per heavy atom. The SMILES string of the molecule is N[C@H](Cn1cccn1)[C@H](CF)OCc1ccccc1. The summed E-state index contributed by atoms with van der Waals surface area (Å²) in [5.41, 5.74) is 6.96. The van der Waals surface area contributed by atoms with E-state index in [-0.39, 0.29) is 0 Å². The van der Waals surface area contributed by atoms with Gasteiger partial charge in [-0.15, -0.1) is 0 Å². The molecule has 0 unspecified atom stereocenters. The molecule has 0 aliphatic heterocycles. The Morgan fingerprint density at radius 1 is 1.26 bits per heavy atom. The molecular formula is C14H18FN3O. The van der Waals surface area contributed by atoms with E-state index in [4.69, 9.17) is 10.5 Å². The van der Waals surface area contributed by atoms with Crippen molar-refractivity contribution in [2.24, 2.45) is 5.73 Å². The molecule has 0 aliphatic carbocycles. The Balaban J connectivity index is 1.85. The lowest BCUT2D eigenvalue weighted by Gasteiger charge is -2.21. The first-order valence-electron chi connectivity index (χ1n) is 6.24. The van der Waals surface area contributed by atoms with E-state index in [0.29, 0.717) is 13.2 Å². The van der Waals surface area contributed by atoms with Gasteiger partial charge in [-0.05, 0) is 11.6 Å². The smallest absolute Gasteiger partial charge is 0.117 e. The largest absolute Gasteiger partial charge is 0.369 e. The zero-order chi connectivity index (χ0) is 13.5. The summed E-state index contributed by atoms with van der Waals surface area (Å²) in [6.07, 6.45) is 2.85. The molecule has 1 heterocycles. The van der Waals surface area contributed by atoms with Crippen molar-refractivity contribution in [3.05, 3.63) is 54.4 Å². The highest BCUT2D eigenvalue weighted by Crippen LogP contribution is 2.07. The van der Waals surface area contributed by atoms with Gasteiger partial charge in [-0.3, -0.25) is 4.68 Å². The molecule has 19 heavy (non-hydrogen) atoms. The third-order valence-corrected chi connectivity index (χ3v) is 2.89. The second kappa shape index (κ2) is 7.01. The summed E-state index contributed by atoms with van der Waals surface area (Å²) in [5.74, 6) is 0. The minimum absolute atomic E-state index is 0.363. The van der Waals surface area contributed by atoms with Crippen molar-refractivity contribution in [1.29, 1.82) is 0 Å². The van der Waals surface area contributed by atoms with E-state index >= 15 is 0 Å². The molecule has 0 saturated heterocycles. The fraction of sp³-hybridized carbons (Fsp3) is 0.357. The average Bonchev–Trinajstić information content (AvgIpc) is 2.93. The molecule has 0 radical (unpaired) electrons. The molecule has 4 nitrogen and oxygen atoms in total. The highest BCUT2D eigenvalue weighted by molar-refractivity contribution is 5.13. The van der Waals surface area contributed by atoms with Crippen LogP contribution in [-0.4, -0.2) is 28.6 Å². The molecule has 1 aromatic carbocycles. The highest BCUT2D eigenvalue weighted by Gasteiger charge is 2.19. The maximum Gasteiger partial charge on any atom is 0.117 e. The number of benzene rings is 1. The monoisotopic (exact) mass is 263 g/mol. The lowest BCUT2D eigenvalue weighted by Crippen LogP contribution is -2.41. The van der Waals surface area contributed by atoms with Gasteiger partial charge in [0, 0.05) is 12.4 Å². The summed E-state index contributed by atoms with van der Waals surface area (Å²) >= 11 is 0. The predicted molar refractivity (Wildman–Crippen MR) is 71.2 cm³/mol. The van der Waals surface area contributed by atoms with Gasteiger partial charge in [0.25, 0.3) is 0 Å². The van der Waals surface area contributed by atoms with Gasteiger partial charge in [0.2, 0.25) is 0 Å². The van der Waals surface area contributed by atoms with E-state index in [2.05, 4.69) is 5.10 Å². The minimum atomic E-state index is -0.621. The highest BCUT2D eigenvalue weighted by atomic mass is 19.1. The second-order valence-corrected chi connectivity index (χ2v) is 4.38. The number of rotatable bonds is 7. The Bertz CT molecular complexity index is 461. The molecule has 0 saturated carbocycles. The third kappa shape index (κ3) is 4.15. The Labute approximate surface area is 112 Å². The van der Waals surface area contributed by atoms with Crippen LogP contribution in [0.5, 0.6) is 0 Å². The van der Waals surface area contributed by atoms with Crippen LogP contribution >= 0.6 is 0 Å².